The number of hydrogen-bond donors (Lipinski definition) is 1. The van der Waals surface area contributed by atoms with E-state index in [1.54, 1.807) is 0 Å². The maximum Gasteiger partial charge on any atom is 0.163 e. The van der Waals surface area contributed by atoms with Crippen LogP contribution in [-0.4, -0.2) is 5.78 Å². The van der Waals surface area contributed by atoms with E-state index in [-0.39, 0.29) is 5.78 Å². The summed E-state index contributed by atoms with van der Waals surface area (Å²) in [6, 6.07) is 5.90. The Morgan fingerprint density at radius 3 is 3.00 bits per heavy atom. The van der Waals surface area contributed by atoms with Crippen molar-refractivity contribution in [2.75, 3.05) is 0 Å². The number of fused-ring (bicyclic) bond motifs is 1. The van der Waals surface area contributed by atoms with E-state index >= 15 is 0 Å². The van der Waals surface area contributed by atoms with Gasteiger partial charge in [-0.25, -0.2) is 0 Å². The minimum absolute atomic E-state index is 0.141. The zero-order valence-corrected chi connectivity index (χ0v) is 8.55. The second-order valence-corrected chi connectivity index (χ2v) is 3.71. The van der Waals surface area contributed by atoms with Gasteiger partial charge in [0.05, 0.1) is 0 Å². The van der Waals surface area contributed by atoms with Crippen molar-refractivity contribution < 1.29 is 4.79 Å². The Labute approximate surface area is 89.7 Å². The SMILES string of the molecule is C#CCCC(=O)c1ccc2c(c1)CNC2. The molecule has 15 heavy (non-hydrogen) atoms. The van der Waals surface area contributed by atoms with Gasteiger partial charge < -0.3 is 5.32 Å². The number of benzene rings is 1. The average Bonchev–Trinajstić information content (AvgIpc) is 2.72. The van der Waals surface area contributed by atoms with Gasteiger partial charge in [0.25, 0.3) is 0 Å². The molecule has 76 valence electrons. The molecule has 0 atom stereocenters. The molecule has 1 heterocycles. The minimum Gasteiger partial charge on any atom is -0.309 e. The molecule has 0 saturated heterocycles. The smallest absolute Gasteiger partial charge is 0.163 e. The molecule has 0 bridgehead atoms. The topological polar surface area (TPSA) is 29.1 Å². The predicted molar refractivity (Wildman–Crippen MR) is 59.4 cm³/mol. The van der Waals surface area contributed by atoms with Gasteiger partial charge in [-0.3, -0.25) is 4.79 Å². The van der Waals surface area contributed by atoms with E-state index in [1.807, 2.05) is 18.2 Å². The van der Waals surface area contributed by atoms with E-state index in [0.717, 1.165) is 18.7 Å². The molecule has 2 nitrogen and oxygen atoms in total. The Bertz CT molecular complexity index is 429. The lowest BCUT2D eigenvalue weighted by Gasteiger charge is -2.02. The van der Waals surface area contributed by atoms with Crippen molar-refractivity contribution in [2.45, 2.75) is 25.9 Å². The quantitative estimate of drug-likeness (QED) is 0.595. The van der Waals surface area contributed by atoms with Crippen LogP contribution < -0.4 is 5.32 Å². The summed E-state index contributed by atoms with van der Waals surface area (Å²) >= 11 is 0. The van der Waals surface area contributed by atoms with Crippen LogP contribution in [-0.2, 0) is 13.1 Å². The first kappa shape index (κ1) is 9.95. The predicted octanol–water partition coefficient (Wildman–Crippen LogP) is 1.89. The zero-order valence-electron chi connectivity index (χ0n) is 8.55. The molecule has 0 fully saturated rings. The van der Waals surface area contributed by atoms with Crippen LogP contribution in [0.3, 0.4) is 0 Å². The van der Waals surface area contributed by atoms with Crippen LogP contribution in [0.15, 0.2) is 18.2 Å². The number of ketones is 1. The number of carbonyl (C=O) groups is 1. The third-order valence-electron chi connectivity index (χ3n) is 2.66. The molecule has 1 aliphatic rings. The molecule has 0 unspecified atom stereocenters. The summed E-state index contributed by atoms with van der Waals surface area (Å²) < 4.78 is 0. The van der Waals surface area contributed by atoms with Crippen molar-refractivity contribution in [1.29, 1.82) is 0 Å². The van der Waals surface area contributed by atoms with E-state index in [2.05, 4.69) is 11.2 Å². The molecule has 1 N–H and O–H groups in total. The summed E-state index contributed by atoms with van der Waals surface area (Å²) in [6.45, 7) is 1.78. The van der Waals surface area contributed by atoms with E-state index in [0.29, 0.717) is 12.8 Å². The van der Waals surface area contributed by atoms with Crippen LogP contribution in [0.1, 0.15) is 34.3 Å². The van der Waals surface area contributed by atoms with Crippen LogP contribution in [0, 0.1) is 12.3 Å². The van der Waals surface area contributed by atoms with Gasteiger partial charge in [0, 0.05) is 31.5 Å². The molecule has 1 aromatic carbocycles. The van der Waals surface area contributed by atoms with Gasteiger partial charge in [0.15, 0.2) is 5.78 Å². The monoisotopic (exact) mass is 199 g/mol. The van der Waals surface area contributed by atoms with E-state index in [9.17, 15) is 4.79 Å². The second-order valence-electron chi connectivity index (χ2n) is 3.71. The van der Waals surface area contributed by atoms with Crippen molar-refractivity contribution in [1.82, 2.24) is 5.32 Å². The number of carbonyl (C=O) groups excluding carboxylic acids is 1. The number of hydrogen-bond acceptors (Lipinski definition) is 2. The normalized spacial score (nSPS) is 13.3. The molecule has 0 aliphatic carbocycles. The Morgan fingerprint density at radius 1 is 1.40 bits per heavy atom. The lowest BCUT2D eigenvalue weighted by Crippen LogP contribution is -2.00. The molecular formula is C13H13NO. The highest BCUT2D eigenvalue weighted by molar-refractivity contribution is 5.96. The van der Waals surface area contributed by atoms with Gasteiger partial charge in [-0.2, -0.15) is 0 Å². The highest BCUT2D eigenvalue weighted by Gasteiger charge is 2.12. The lowest BCUT2D eigenvalue weighted by atomic mass is 10.0. The van der Waals surface area contributed by atoms with Gasteiger partial charge in [0.2, 0.25) is 0 Å². The average molecular weight is 199 g/mol. The van der Waals surface area contributed by atoms with Crippen LogP contribution >= 0.6 is 0 Å². The molecule has 0 saturated carbocycles. The molecule has 1 aliphatic heterocycles. The summed E-state index contributed by atoms with van der Waals surface area (Å²) in [6.07, 6.45) is 6.10. The lowest BCUT2D eigenvalue weighted by molar-refractivity contribution is 0.0984. The van der Waals surface area contributed by atoms with Crippen LogP contribution in [0.4, 0.5) is 0 Å². The van der Waals surface area contributed by atoms with E-state index in [4.69, 9.17) is 6.42 Å². The third-order valence-corrected chi connectivity index (χ3v) is 2.66. The first-order valence-corrected chi connectivity index (χ1v) is 5.10. The molecular weight excluding hydrogens is 186 g/mol. The van der Waals surface area contributed by atoms with E-state index in [1.165, 1.54) is 11.1 Å². The van der Waals surface area contributed by atoms with Gasteiger partial charge >= 0.3 is 0 Å². The number of rotatable bonds is 3. The standard InChI is InChI=1S/C13H13NO/c1-2-3-4-13(15)10-5-6-11-8-14-9-12(11)7-10/h1,5-7,14H,3-4,8-9H2. The molecule has 0 aromatic heterocycles. The Hall–Kier alpha value is -1.59. The fraction of sp³-hybridized carbons (Fsp3) is 0.308. The Balaban J connectivity index is 2.16. The fourth-order valence-corrected chi connectivity index (χ4v) is 1.80. The maximum absolute atomic E-state index is 11.7. The molecule has 2 heteroatoms. The van der Waals surface area contributed by atoms with Crippen molar-refractivity contribution in [2.24, 2.45) is 0 Å². The van der Waals surface area contributed by atoms with Crippen LogP contribution in [0.2, 0.25) is 0 Å². The van der Waals surface area contributed by atoms with Crippen LogP contribution in [0.25, 0.3) is 0 Å². The van der Waals surface area contributed by atoms with Gasteiger partial charge in [0.1, 0.15) is 0 Å². The summed E-state index contributed by atoms with van der Waals surface area (Å²) in [5.41, 5.74) is 3.32. The summed E-state index contributed by atoms with van der Waals surface area (Å²) in [5.74, 6) is 2.63. The fourth-order valence-electron chi connectivity index (χ4n) is 1.80. The molecule has 0 radical (unpaired) electrons. The first-order chi connectivity index (χ1) is 7.31. The molecule has 0 amide bonds. The summed E-state index contributed by atoms with van der Waals surface area (Å²) in [4.78, 5) is 11.7. The third kappa shape index (κ3) is 2.08. The number of Topliss-reactive ketones (excluding diaryl/α,β-unsaturated/α-hetero) is 1. The van der Waals surface area contributed by atoms with Crippen molar-refractivity contribution in [3.05, 3.63) is 34.9 Å². The largest absolute Gasteiger partial charge is 0.309 e. The summed E-state index contributed by atoms with van der Waals surface area (Å²) in [5, 5.41) is 3.25. The molecule has 0 spiro atoms. The maximum atomic E-state index is 11.7. The molecule has 1 aromatic rings. The highest BCUT2D eigenvalue weighted by Crippen LogP contribution is 2.18. The number of nitrogens with one attached hydrogen (secondary N) is 1. The van der Waals surface area contributed by atoms with Crippen LogP contribution in [0.5, 0.6) is 0 Å². The van der Waals surface area contributed by atoms with Gasteiger partial charge in [-0.1, -0.05) is 12.1 Å². The number of terminal acetylenes is 1. The van der Waals surface area contributed by atoms with Gasteiger partial charge in [-0.05, 0) is 17.2 Å². The second kappa shape index (κ2) is 4.29. The zero-order chi connectivity index (χ0) is 10.7. The summed E-state index contributed by atoms with van der Waals surface area (Å²) in [7, 11) is 0. The van der Waals surface area contributed by atoms with E-state index < -0.39 is 0 Å². The first-order valence-electron chi connectivity index (χ1n) is 5.10. The van der Waals surface area contributed by atoms with Crippen molar-refractivity contribution in [3.63, 3.8) is 0 Å². The van der Waals surface area contributed by atoms with Crippen molar-refractivity contribution in [3.8, 4) is 12.3 Å². The molecule has 2 rings (SSSR count). The highest BCUT2D eigenvalue weighted by atomic mass is 16.1. The Kier molecular flexibility index (Phi) is 2.84. The Morgan fingerprint density at radius 2 is 2.20 bits per heavy atom. The van der Waals surface area contributed by atoms with Crippen molar-refractivity contribution >= 4 is 5.78 Å². The van der Waals surface area contributed by atoms with Gasteiger partial charge in [-0.15, -0.1) is 12.3 Å². The minimum atomic E-state index is 0.141.